The van der Waals surface area contributed by atoms with E-state index in [0.29, 0.717) is 0 Å². The molecule has 0 radical (unpaired) electrons. The van der Waals surface area contributed by atoms with Crippen LogP contribution in [0.2, 0.25) is 0 Å². The number of benzene rings is 1. The number of carboxylic acids is 1. The lowest BCUT2D eigenvalue weighted by molar-refractivity contribution is -0.153. The number of halogens is 3. The third kappa shape index (κ3) is 3.11. The molecule has 0 saturated carbocycles. The summed E-state index contributed by atoms with van der Waals surface area (Å²) in [5, 5.41) is 27.0. The number of aliphatic carboxylic acids is 1. The van der Waals surface area contributed by atoms with E-state index in [1.807, 2.05) is 0 Å². The van der Waals surface area contributed by atoms with Crippen molar-refractivity contribution in [2.75, 3.05) is 0 Å². The van der Waals surface area contributed by atoms with Crippen LogP contribution in [0.5, 0.6) is 5.75 Å². The van der Waals surface area contributed by atoms with Gasteiger partial charge in [-0.15, -0.1) is 0 Å². The van der Waals surface area contributed by atoms with Gasteiger partial charge in [0.05, 0.1) is 5.56 Å². The van der Waals surface area contributed by atoms with Crippen LogP contribution in [0.1, 0.15) is 11.7 Å². The molecular formula is C10H9F3O5. The van der Waals surface area contributed by atoms with Gasteiger partial charge in [-0.05, 0) is 12.1 Å². The Bertz CT molecular complexity index is 438. The molecule has 0 bridgehead atoms. The minimum absolute atomic E-state index is 0.738. The zero-order chi connectivity index (χ0) is 13.9. The molecule has 0 aliphatic carbocycles. The van der Waals surface area contributed by atoms with E-state index in [1.54, 1.807) is 0 Å². The standard InChI is InChI=1S/C10H9F3O5/c11-4-2-1-3-5(18-10(12)13)6(4)7(14)8(15)9(16)17/h1-3,7-8,10,14-15H,(H,16,17). The van der Waals surface area contributed by atoms with Gasteiger partial charge in [0, 0.05) is 0 Å². The number of alkyl halides is 2. The third-order valence-corrected chi connectivity index (χ3v) is 2.08. The second-order valence-corrected chi connectivity index (χ2v) is 3.26. The summed E-state index contributed by atoms with van der Waals surface area (Å²) in [5.74, 6) is -3.73. The number of carboxylic acid groups (broad SMARTS) is 1. The number of hydrogen-bond donors (Lipinski definition) is 3. The fourth-order valence-corrected chi connectivity index (χ4v) is 1.30. The number of carbonyl (C=O) groups is 1. The summed E-state index contributed by atoms with van der Waals surface area (Å²) in [6, 6.07) is 2.77. The molecule has 8 heteroatoms. The summed E-state index contributed by atoms with van der Waals surface area (Å²) >= 11 is 0. The number of hydrogen-bond acceptors (Lipinski definition) is 4. The second-order valence-electron chi connectivity index (χ2n) is 3.26. The van der Waals surface area contributed by atoms with Gasteiger partial charge in [0.2, 0.25) is 0 Å². The van der Waals surface area contributed by atoms with E-state index >= 15 is 0 Å². The first-order valence-corrected chi connectivity index (χ1v) is 4.66. The SMILES string of the molecule is O=C(O)C(O)C(O)c1c(F)cccc1OC(F)F. The van der Waals surface area contributed by atoms with Crippen molar-refractivity contribution in [3.8, 4) is 5.75 Å². The Labute approximate surface area is 99.0 Å². The predicted molar refractivity (Wildman–Crippen MR) is 51.6 cm³/mol. The molecule has 1 aromatic rings. The van der Waals surface area contributed by atoms with Gasteiger partial charge in [-0.25, -0.2) is 9.18 Å². The molecule has 2 unspecified atom stereocenters. The fourth-order valence-electron chi connectivity index (χ4n) is 1.30. The monoisotopic (exact) mass is 266 g/mol. The highest BCUT2D eigenvalue weighted by molar-refractivity contribution is 5.73. The molecule has 0 heterocycles. The van der Waals surface area contributed by atoms with Crippen molar-refractivity contribution in [1.29, 1.82) is 0 Å². The van der Waals surface area contributed by atoms with E-state index < -0.39 is 41.9 Å². The minimum atomic E-state index is -3.28. The van der Waals surface area contributed by atoms with Crippen LogP contribution in [-0.4, -0.2) is 34.0 Å². The summed E-state index contributed by atoms with van der Waals surface area (Å²) in [7, 11) is 0. The summed E-state index contributed by atoms with van der Waals surface area (Å²) in [5.41, 5.74) is -0.840. The first kappa shape index (κ1) is 14.3. The van der Waals surface area contributed by atoms with Crippen molar-refractivity contribution in [2.24, 2.45) is 0 Å². The van der Waals surface area contributed by atoms with Gasteiger partial charge in [-0.1, -0.05) is 6.07 Å². The average molecular weight is 266 g/mol. The lowest BCUT2D eigenvalue weighted by atomic mass is 10.0. The minimum Gasteiger partial charge on any atom is -0.479 e. The van der Waals surface area contributed by atoms with Crippen LogP contribution >= 0.6 is 0 Å². The van der Waals surface area contributed by atoms with Crippen LogP contribution < -0.4 is 4.74 Å². The Hall–Kier alpha value is -1.80. The molecule has 2 atom stereocenters. The second kappa shape index (κ2) is 5.69. The van der Waals surface area contributed by atoms with E-state index in [4.69, 9.17) is 10.2 Å². The predicted octanol–water partition coefficient (Wildman–Crippen LogP) is 0.906. The molecule has 0 aliphatic heterocycles. The number of ether oxygens (including phenoxy) is 1. The van der Waals surface area contributed by atoms with Crippen LogP contribution in [0.4, 0.5) is 13.2 Å². The molecule has 100 valence electrons. The lowest BCUT2D eigenvalue weighted by Gasteiger charge is -2.18. The van der Waals surface area contributed by atoms with Crippen molar-refractivity contribution >= 4 is 5.97 Å². The van der Waals surface area contributed by atoms with E-state index in [9.17, 15) is 23.1 Å². The van der Waals surface area contributed by atoms with Crippen molar-refractivity contribution in [3.63, 3.8) is 0 Å². The molecular weight excluding hydrogens is 257 g/mol. The van der Waals surface area contributed by atoms with Crippen molar-refractivity contribution in [1.82, 2.24) is 0 Å². The van der Waals surface area contributed by atoms with E-state index in [2.05, 4.69) is 4.74 Å². The van der Waals surface area contributed by atoms with Crippen molar-refractivity contribution in [3.05, 3.63) is 29.6 Å². The van der Waals surface area contributed by atoms with E-state index in [0.717, 1.165) is 18.2 Å². The third-order valence-electron chi connectivity index (χ3n) is 2.08. The van der Waals surface area contributed by atoms with Crippen LogP contribution in [-0.2, 0) is 4.79 Å². The molecule has 0 amide bonds. The Morgan fingerprint density at radius 1 is 1.28 bits per heavy atom. The van der Waals surface area contributed by atoms with Crippen molar-refractivity contribution in [2.45, 2.75) is 18.8 Å². The summed E-state index contributed by atoms with van der Waals surface area (Å²) in [4.78, 5) is 10.4. The first-order valence-electron chi connectivity index (χ1n) is 4.66. The zero-order valence-electron chi connectivity index (χ0n) is 8.76. The molecule has 18 heavy (non-hydrogen) atoms. The summed E-state index contributed by atoms with van der Waals surface area (Å²) in [6.45, 7) is -3.28. The maximum atomic E-state index is 13.4. The summed E-state index contributed by atoms with van der Waals surface area (Å²) < 4.78 is 41.4. The quantitative estimate of drug-likeness (QED) is 0.737. The van der Waals surface area contributed by atoms with Gasteiger partial charge in [0.25, 0.3) is 0 Å². The van der Waals surface area contributed by atoms with E-state index in [-0.39, 0.29) is 0 Å². The molecule has 0 aliphatic rings. The molecule has 0 fully saturated rings. The smallest absolute Gasteiger partial charge is 0.387 e. The maximum Gasteiger partial charge on any atom is 0.387 e. The zero-order valence-corrected chi connectivity index (χ0v) is 8.76. The lowest BCUT2D eigenvalue weighted by Crippen LogP contribution is -2.28. The topological polar surface area (TPSA) is 87.0 Å². The Kier molecular flexibility index (Phi) is 4.51. The fraction of sp³-hybridized carbons (Fsp3) is 0.300. The van der Waals surface area contributed by atoms with Gasteiger partial charge in [0.15, 0.2) is 6.10 Å². The maximum absolute atomic E-state index is 13.4. The molecule has 1 aromatic carbocycles. The molecule has 0 saturated heterocycles. The molecule has 3 N–H and O–H groups in total. The molecule has 0 spiro atoms. The van der Waals surface area contributed by atoms with Crippen LogP contribution in [0.15, 0.2) is 18.2 Å². The number of aliphatic hydroxyl groups is 2. The normalized spacial score (nSPS) is 14.3. The molecule has 1 rings (SSSR count). The molecule has 5 nitrogen and oxygen atoms in total. The van der Waals surface area contributed by atoms with Crippen LogP contribution in [0.25, 0.3) is 0 Å². The molecule has 0 aromatic heterocycles. The Morgan fingerprint density at radius 3 is 2.39 bits per heavy atom. The highest BCUT2D eigenvalue weighted by Crippen LogP contribution is 2.31. The summed E-state index contributed by atoms with van der Waals surface area (Å²) in [6.07, 6.45) is -4.58. The number of aliphatic hydroxyl groups excluding tert-OH is 2. The largest absolute Gasteiger partial charge is 0.479 e. The van der Waals surface area contributed by atoms with Gasteiger partial charge >= 0.3 is 12.6 Å². The van der Waals surface area contributed by atoms with Crippen LogP contribution in [0, 0.1) is 5.82 Å². The first-order chi connectivity index (χ1) is 8.34. The Morgan fingerprint density at radius 2 is 1.89 bits per heavy atom. The van der Waals surface area contributed by atoms with Crippen molar-refractivity contribution < 1.29 is 38.0 Å². The van der Waals surface area contributed by atoms with Gasteiger partial charge in [0.1, 0.15) is 17.7 Å². The highest BCUT2D eigenvalue weighted by Gasteiger charge is 2.30. The van der Waals surface area contributed by atoms with Gasteiger partial charge < -0.3 is 20.1 Å². The van der Waals surface area contributed by atoms with Crippen LogP contribution in [0.3, 0.4) is 0 Å². The van der Waals surface area contributed by atoms with E-state index in [1.165, 1.54) is 0 Å². The van der Waals surface area contributed by atoms with Gasteiger partial charge in [-0.2, -0.15) is 8.78 Å². The highest BCUT2D eigenvalue weighted by atomic mass is 19.3. The Balaban J connectivity index is 3.16. The average Bonchev–Trinajstić information content (AvgIpc) is 2.26. The van der Waals surface area contributed by atoms with Gasteiger partial charge in [-0.3, -0.25) is 0 Å². The number of rotatable bonds is 5.